The van der Waals surface area contributed by atoms with Gasteiger partial charge in [-0.3, -0.25) is 4.68 Å². The lowest BCUT2D eigenvalue weighted by atomic mass is 9.83. The summed E-state index contributed by atoms with van der Waals surface area (Å²) in [6, 6.07) is 0. The van der Waals surface area contributed by atoms with Gasteiger partial charge in [0.2, 0.25) is 0 Å². The molecule has 1 fully saturated rings. The molecule has 1 N–H and O–H groups in total. The Bertz CT molecular complexity index is 459. The van der Waals surface area contributed by atoms with Gasteiger partial charge in [0.15, 0.2) is 0 Å². The highest BCUT2D eigenvalue weighted by molar-refractivity contribution is 9.10. The molecular formula is C15H25BrN2O2. The van der Waals surface area contributed by atoms with Gasteiger partial charge in [0.1, 0.15) is 5.60 Å². The standard InChI is InChI=1S/C15H25BrN2O2/c1-14(2)5-4-6-15(19,8-7-14)13-12(16)11-17-18(13)9-10-20-3/h11,19H,4-10H2,1-3H3. The van der Waals surface area contributed by atoms with Crippen molar-refractivity contribution in [2.75, 3.05) is 13.7 Å². The molecule has 0 amide bonds. The van der Waals surface area contributed by atoms with Crippen LogP contribution in [0.1, 0.15) is 51.6 Å². The number of methoxy groups -OCH3 is 1. The molecule has 1 saturated carbocycles. The van der Waals surface area contributed by atoms with Crippen molar-refractivity contribution in [3.63, 3.8) is 0 Å². The highest BCUT2D eigenvalue weighted by Gasteiger charge is 2.38. The number of ether oxygens (including phenoxy) is 1. The topological polar surface area (TPSA) is 47.3 Å². The van der Waals surface area contributed by atoms with Crippen molar-refractivity contribution in [3.05, 3.63) is 16.4 Å². The Labute approximate surface area is 129 Å². The molecule has 0 saturated heterocycles. The smallest absolute Gasteiger partial charge is 0.107 e. The number of rotatable bonds is 4. The van der Waals surface area contributed by atoms with E-state index in [9.17, 15) is 5.11 Å². The number of halogens is 1. The van der Waals surface area contributed by atoms with Crippen LogP contribution < -0.4 is 0 Å². The van der Waals surface area contributed by atoms with Gasteiger partial charge < -0.3 is 9.84 Å². The average molecular weight is 345 g/mol. The van der Waals surface area contributed by atoms with Crippen molar-refractivity contribution in [1.82, 2.24) is 9.78 Å². The zero-order valence-corrected chi connectivity index (χ0v) is 14.2. The van der Waals surface area contributed by atoms with E-state index in [0.29, 0.717) is 18.6 Å². The van der Waals surface area contributed by atoms with Crippen LogP contribution in [-0.4, -0.2) is 28.6 Å². The first-order valence-electron chi connectivity index (χ1n) is 7.31. The highest BCUT2D eigenvalue weighted by atomic mass is 79.9. The summed E-state index contributed by atoms with van der Waals surface area (Å²) in [5.41, 5.74) is 0.442. The van der Waals surface area contributed by atoms with Crippen molar-refractivity contribution in [2.45, 2.75) is 58.1 Å². The summed E-state index contributed by atoms with van der Waals surface area (Å²) in [5.74, 6) is 0. The third-order valence-electron chi connectivity index (χ3n) is 4.40. The molecule has 0 bridgehead atoms. The van der Waals surface area contributed by atoms with Crippen molar-refractivity contribution >= 4 is 15.9 Å². The first-order chi connectivity index (χ1) is 9.38. The molecule has 1 aliphatic rings. The molecule has 1 aromatic heterocycles. The molecule has 0 spiro atoms. The van der Waals surface area contributed by atoms with E-state index in [4.69, 9.17) is 4.74 Å². The van der Waals surface area contributed by atoms with Gasteiger partial charge in [0.05, 0.1) is 29.5 Å². The van der Waals surface area contributed by atoms with E-state index in [2.05, 4.69) is 34.9 Å². The maximum absolute atomic E-state index is 11.2. The summed E-state index contributed by atoms with van der Waals surface area (Å²) in [6.45, 7) is 5.85. The quantitative estimate of drug-likeness (QED) is 0.850. The lowest BCUT2D eigenvalue weighted by Crippen LogP contribution is -2.30. The molecule has 1 aromatic rings. The van der Waals surface area contributed by atoms with Crippen LogP contribution in [-0.2, 0) is 16.9 Å². The molecule has 2 rings (SSSR count). The Hall–Kier alpha value is -0.390. The van der Waals surface area contributed by atoms with E-state index in [0.717, 1.165) is 35.8 Å². The molecule has 4 nitrogen and oxygen atoms in total. The molecule has 5 heteroatoms. The van der Waals surface area contributed by atoms with Gasteiger partial charge in [-0.15, -0.1) is 0 Å². The SMILES string of the molecule is COCCn1ncc(Br)c1C1(O)CCCC(C)(C)CC1. The number of hydrogen-bond donors (Lipinski definition) is 1. The van der Waals surface area contributed by atoms with Crippen LogP contribution >= 0.6 is 15.9 Å². The molecule has 1 aliphatic carbocycles. The summed E-state index contributed by atoms with van der Waals surface area (Å²) in [6.07, 6.45) is 6.61. The second-order valence-corrected chi connectivity index (χ2v) is 7.46. The molecule has 0 radical (unpaired) electrons. The predicted octanol–water partition coefficient (Wildman–Crippen LogP) is 3.47. The lowest BCUT2D eigenvalue weighted by molar-refractivity contribution is 0.00748. The van der Waals surface area contributed by atoms with Gasteiger partial charge in [-0.25, -0.2) is 0 Å². The molecule has 1 unspecified atom stereocenters. The predicted molar refractivity (Wildman–Crippen MR) is 82.6 cm³/mol. The number of nitrogens with zero attached hydrogens (tertiary/aromatic N) is 2. The molecule has 1 atom stereocenters. The fourth-order valence-electron chi connectivity index (χ4n) is 3.06. The fraction of sp³-hybridized carbons (Fsp3) is 0.800. The maximum Gasteiger partial charge on any atom is 0.107 e. The van der Waals surface area contributed by atoms with Crippen molar-refractivity contribution in [1.29, 1.82) is 0 Å². The molecule has 20 heavy (non-hydrogen) atoms. The van der Waals surface area contributed by atoms with E-state index in [1.807, 2.05) is 4.68 Å². The number of aromatic nitrogens is 2. The summed E-state index contributed by atoms with van der Waals surface area (Å²) in [7, 11) is 1.68. The molecule has 0 aliphatic heterocycles. The Morgan fingerprint density at radius 2 is 2.10 bits per heavy atom. The Morgan fingerprint density at radius 3 is 2.80 bits per heavy atom. The monoisotopic (exact) mass is 344 g/mol. The van der Waals surface area contributed by atoms with Gasteiger partial charge >= 0.3 is 0 Å². The van der Waals surface area contributed by atoms with Gasteiger partial charge in [-0.05, 0) is 53.4 Å². The Morgan fingerprint density at radius 1 is 1.35 bits per heavy atom. The number of aliphatic hydroxyl groups is 1. The maximum atomic E-state index is 11.2. The van der Waals surface area contributed by atoms with Crippen molar-refractivity contribution < 1.29 is 9.84 Å². The van der Waals surface area contributed by atoms with Crippen LogP contribution in [0.15, 0.2) is 10.7 Å². The van der Waals surface area contributed by atoms with E-state index in [-0.39, 0.29) is 0 Å². The Balaban J connectivity index is 2.26. The van der Waals surface area contributed by atoms with Gasteiger partial charge in [-0.2, -0.15) is 5.10 Å². The first kappa shape index (κ1) is 16.0. The zero-order valence-electron chi connectivity index (χ0n) is 12.7. The molecule has 114 valence electrons. The van der Waals surface area contributed by atoms with E-state index in [1.165, 1.54) is 6.42 Å². The first-order valence-corrected chi connectivity index (χ1v) is 8.10. The minimum Gasteiger partial charge on any atom is -0.384 e. The normalized spacial score (nSPS) is 26.4. The van der Waals surface area contributed by atoms with E-state index in [1.54, 1.807) is 13.3 Å². The zero-order chi connectivity index (χ0) is 14.8. The second-order valence-electron chi connectivity index (χ2n) is 6.61. The van der Waals surface area contributed by atoms with E-state index >= 15 is 0 Å². The fourth-order valence-corrected chi connectivity index (χ4v) is 3.73. The summed E-state index contributed by atoms with van der Waals surface area (Å²) in [4.78, 5) is 0. The third-order valence-corrected chi connectivity index (χ3v) is 4.98. The van der Waals surface area contributed by atoms with Crippen LogP contribution in [0.25, 0.3) is 0 Å². The second kappa shape index (κ2) is 6.16. The molecular weight excluding hydrogens is 320 g/mol. The average Bonchev–Trinajstić information content (AvgIpc) is 2.69. The van der Waals surface area contributed by atoms with Crippen molar-refractivity contribution in [2.24, 2.45) is 5.41 Å². The highest BCUT2D eigenvalue weighted by Crippen LogP contribution is 2.44. The summed E-state index contributed by atoms with van der Waals surface area (Å²) in [5, 5.41) is 15.5. The third kappa shape index (κ3) is 3.43. The Kier molecular flexibility index (Phi) is 4.92. The van der Waals surface area contributed by atoms with Crippen LogP contribution in [0.5, 0.6) is 0 Å². The molecule has 0 aromatic carbocycles. The van der Waals surface area contributed by atoms with Gasteiger partial charge in [0.25, 0.3) is 0 Å². The van der Waals surface area contributed by atoms with Gasteiger partial charge in [0, 0.05) is 7.11 Å². The largest absolute Gasteiger partial charge is 0.384 e. The van der Waals surface area contributed by atoms with Crippen LogP contribution in [0.4, 0.5) is 0 Å². The van der Waals surface area contributed by atoms with Crippen LogP contribution in [0, 0.1) is 5.41 Å². The summed E-state index contributed by atoms with van der Waals surface area (Å²) >= 11 is 3.55. The number of hydrogen-bond acceptors (Lipinski definition) is 3. The summed E-state index contributed by atoms with van der Waals surface area (Å²) < 4.78 is 7.91. The van der Waals surface area contributed by atoms with Crippen LogP contribution in [0.3, 0.4) is 0 Å². The lowest BCUT2D eigenvalue weighted by Gasteiger charge is -2.29. The van der Waals surface area contributed by atoms with Gasteiger partial charge in [-0.1, -0.05) is 13.8 Å². The van der Waals surface area contributed by atoms with E-state index < -0.39 is 5.60 Å². The minimum absolute atomic E-state index is 0.314. The van der Waals surface area contributed by atoms with Crippen LogP contribution in [0.2, 0.25) is 0 Å². The minimum atomic E-state index is -0.781. The molecule has 1 heterocycles. The van der Waals surface area contributed by atoms with Crippen molar-refractivity contribution in [3.8, 4) is 0 Å².